The standard InChI is InChI=1S/C21H23N5O5S/c1-28-15-8-7-13(9-18(15)29-2)20-24-25-21(26(20)22)32-12-19(27)23-10-14-11-30-16-5-3-4-6-17(16)31-14/h3-9,14H,10-12,22H2,1-2H3,(H,23,27). The molecule has 10 nitrogen and oxygen atoms in total. The van der Waals surface area contributed by atoms with Crippen molar-refractivity contribution in [3.05, 3.63) is 42.5 Å². The van der Waals surface area contributed by atoms with Crippen molar-refractivity contribution in [1.82, 2.24) is 20.2 Å². The summed E-state index contributed by atoms with van der Waals surface area (Å²) < 4.78 is 23.4. The van der Waals surface area contributed by atoms with Crippen LogP contribution >= 0.6 is 11.8 Å². The predicted octanol–water partition coefficient (Wildman–Crippen LogP) is 1.72. The smallest absolute Gasteiger partial charge is 0.230 e. The lowest BCUT2D eigenvalue weighted by Gasteiger charge is -2.26. The Hall–Kier alpha value is -3.60. The number of hydrogen-bond donors (Lipinski definition) is 2. The van der Waals surface area contributed by atoms with Crippen molar-refractivity contribution < 1.29 is 23.7 Å². The molecule has 0 fully saturated rings. The van der Waals surface area contributed by atoms with Crippen molar-refractivity contribution in [2.24, 2.45) is 0 Å². The molecule has 1 atom stereocenters. The van der Waals surface area contributed by atoms with Gasteiger partial charge in [0.1, 0.15) is 12.7 Å². The monoisotopic (exact) mass is 457 g/mol. The van der Waals surface area contributed by atoms with Gasteiger partial charge in [-0.25, -0.2) is 4.68 Å². The number of nitrogens with zero attached hydrogens (tertiary/aromatic N) is 3. The van der Waals surface area contributed by atoms with Crippen LogP contribution in [0.2, 0.25) is 0 Å². The number of nitrogens with two attached hydrogens (primary N) is 1. The average Bonchev–Trinajstić information content (AvgIpc) is 3.20. The highest BCUT2D eigenvalue weighted by molar-refractivity contribution is 7.99. The summed E-state index contributed by atoms with van der Waals surface area (Å²) >= 11 is 1.19. The van der Waals surface area contributed by atoms with Gasteiger partial charge in [0.2, 0.25) is 11.1 Å². The van der Waals surface area contributed by atoms with E-state index in [4.69, 9.17) is 24.8 Å². The Morgan fingerprint density at radius 3 is 2.75 bits per heavy atom. The summed E-state index contributed by atoms with van der Waals surface area (Å²) in [4.78, 5) is 12.3. The minimum Gasteiger partial charge on any atom is -0.493 e. The highest BCUT2D eigenvalue weighted by atomic mass is 32.2. The lowest BCUT2D eigenvalue weighted by molar-refractivity contribution is -0.119. The number of ether oxygens (including phenoxy) is 4. The van der Waals surface area contributed by atoms with Crippen LogP contribution in [0.3, 0.4) is 0 Å². The quantitative estimate of drug-likeness (QED) is 0.384. The molecule has 32 heavy (non-hydrogen) atoms. The first kappa shape index (κ1) is 21.6. The number of aromatic nitrogens is 3. The number of nitrogens with one attached hydrogen (secondary N) is 1. The van der Waals surface area contributed by atoms with E-state index in [1.54, 1.807) is 32.4 Å². The Kier molecular flexibility index (Phi) is 6.55. The van der Waals surface area contributed by atoms with Crippen molar-refractivity contribution in [3.8, 4) is 34.4 Å². The molecule has 1 aromatic heterocycles. The van der Waals surface area contributed by atoms with E-state index in [9.17, 15) is 4.79 Å². The lowest BCUT2D eigenvalue weighted by Crippen LogP contribution is -2.41. The summed E-state index contributed by atoms with van der Waals surface area (Å²) in [7, 11) is 3.12. The number of methoxy groups -OCH3 is 2. The largest absolute Gasteiger partial charge is 0.493 e. The van der Waals surface area contributed by atoms with Crippen LogP contribution in [-0.2, 0) is 4.79 Å². The number of amides is 1. The maximum absolute atomic E-state index is 12.3. The zero-order chi connectivity index (χ0) is 22.5. The lowest BCUT2D eigenvalue weighted by atomic mass is 10.2. The van der Waals surface area contributed by atoms with Crippen molar-refractivity contribution >= 4 is 17.7 Å². The van der Waals surface area contributed by atoms with Gasteiger partial charge in [-0.15, -0.1) is 10.2 Å². The fourth-order valence-corrected chi connectivity index (χ4v) is 3.81. The van der Waals surface area contributed by atoms with Gasteiger partial charge in [-0.3, -0.25) is 4.79 Å². The minimum absolute atomic E-state index is 0.130. The molecule has 1 aliphatic rings. The van der Waals surface area contributed by atoms with Crippen LogP contribution in [0, 0.1) is 0 Å². The highest BCUT2D eigenvalue weighted by Gasteiger charge is 2.21. The fourth-order valence-electron chi connectivity index (χ4n) is 3.12. The van der Waals surface area contributed by atoms with Crippen LogP contribution in [0.5, 0.6) is 23.0 Å². The van der Waals surface area contributed by atoms with Gasteiger partial charge in [0.05, 0.1) is 26.5 Å². The van der Waals surface area contributed by atoms with E-state index in [2.05, 4.69) is 15.5 Å². The van der Waals surface area contributed by atoms with Crippen LogP contribution < -0.4 is 30.1 Å². The van der Waals surface area contributed by atoms with Crippen LogP contribution in [0.1, 0.15) is 0 Å². The zero-order valence-electron chi connectivity index (χ0n) is 17.6. The molecule has 4 rings (SSSR count). The number of para-hydroxylation sites is 2. The molecule has 3 aromatic rings. The molecule has 0 aliphatic carbocycles. The molecule has 0 saturated carbocycles. The molecule has 0 radical (unpaired) electrons. The van der Waals surface area contributed by atoms with Gasteiger partial charge in [-0.05, 0) is 30.3 Å². The van der Waals surface area contributed by atoms with E-state index >= 15 is 0 Å². The summed E-state index contributed by atoms with van der Waals surface area (Å²) in [5, 5.41) is 11.5. The molecule has 2 aromatic carbocycles. The first-order chi connectivity index (χ1) is 15.6. The SMILES string of the molecule is COc1ccc(-c2nnc(SCC(=O)NCC3COc4ccccc4O3)n2N)cc1OC. The van der Waals surface area contributed by atoms with Gasteiger partial charge < -0.3 is 30.1 Å². The number of benzene rings is 2. The maximum atomic E-state index is 12.3. The molecular formula is C21H23N5O5S. The molecule has 1 unspecified atom stereocenters. The molecule has 2 heterocycles. The summed E-state index contributed by atoms with van der Waals surface area (Å²) in [6.07, 6.45) is -0.256. The van der Waals surface area contributed by atoms with E-state index in [0.717, 1.165) is 0 Å². The van der Waals surface area contributed by atoms with E-state index in [0.29, 0.717) is 52.7 Å². The molecule has 0 spiro atoms. The molecule has 1 aliphatic heterocycles. The molecule has 1 amide bonds. The van der Waals surface area contributed by atoms with E-state index in [1.165, 1.54) is 16.4 Å². The van der Waals surface area contributed by atoms with Crippen molar-refractivity contribution in [1.29, 1.82) is 0 Å². The Bertz CT molecular complexity index is 1110. The highest BCUT2D eigenvalue weighted by Crippen LogP contribution is 2.32. The maximum Gasteiger partial charge on any atom is 0.230 e. The van der Waals surface area contributed by atoms with Gasteiger partial charge in [0.15, 0.2) is 28.8 Å². The van der Waals surface area contributed by atoms with Crippen molar-refractivity contribution in [2.45, 2.75) is 11.3 Å². The number of thioether (sulfide) groups is 1. The van der Waals surface area contributed by atoms with Gasteiger partial charge in [0.25, 0.3) is 0 Å². The van der Waals surface area contributed by atoms with Crippen LogP contribution in [0.25, 0.3) is 11.4 Å². The molecule has 11 heteroatoms. The summed E-state index contributed by atoms with van der Waals surface area (Å²) in [6.45, 7) is 0.705. The second-order valence-corrected chi connectivity index (χ2v) is 7.78. The third kappa shape index (κ3) is 4.67. The van der Waals surface area contributed by atoms with Crippen molar-refractivity contribution in [3.63, 3.8) is 0 Å². The number of rotatable bonds is 8. The van der Waals surface area contributed by atoms with E-state index < -0.39 is 0 Å². The molecular weight excluding hydrogens is 434 g/mol. The van der Waals surface area contributed by atoms with Gasteiger partial charge in [-0.1, -0.05) is 23.9 Å². The Labute approximate surface area is 189 Å². The van der Waals surface area contributed by atoms with Gasteiger partial charge in [0, 0.05) is 5.56 Å². The summed E-state index contributed by atoms with van der Waals surface area (Å²) in [6, 6.07) is 12.8. The van der Waals surface area contributed by atoms with E-state index in [1.807, 2.05) is 24.3 Å². The normalized spacial score (nSPS) is 14.6. The third-order valence-electron chi connectivity index (χ3n) is 4.73. The third-order valence-corrected chi connectivity index (χ3v) is 5.68. The molecule has 0 saturated heterocycles. The first-order valence-corrected chi connectivity index (χ1v) is 10.8. The number of carbonyl (C=O) groups is 1. The van der Waals surface area contributed by atoms with Crippen LogP contribution in [0.15, 0.2) is 47.6 Å². The number of nitrogen functional groups attached to an aromatic ring is 1. The van der Waals surface area contributed by atoms with Crippen LogP contribution in [-0.4, -0.2) is 60.0 Å². The number of carbonyl (C=O) groups excluding carboxylic acids is 1. The minimum atomic E-state index is -0.256. The second kappa shape index (κ2) is 9.69. The number of fused-ring (bicyclic) bond motifs is 1. The summed E-state index contributed by atoms with van der Waals surface area (Å²) in [5.41, 5.74) is 0.712. The molecule has 3 N–H and O–H groups in total. The molecule has 0 bridgehead atoms. The van der Waals surface area contributed by atoms with Crippen LogP contribution in [0.4, 0.5) is 0 Å². The Morgan fingerprint density at radius 2 is 1.97 bits per heavy atom. The van der Waals surface area contributed by atoms with E-state index in [-0.39, 0.29) is 17.8 Å². The first-order valence-electron chi connectivity index (χ1n) is 9.80. The van der Waals surface area contributed by atoms with Crippen molar-refractivity contribution in [2.75, 3.05) is 39.0 Å². The zero-order valence-corrected chi connectivity index (χ0v) is 18.4. The fraction of sp³-hybridized carbons (Fsp3) is 0.286. The Morgan fingerprint density at radius 1 is 1.19 bits per heavy atom. The summed E-state index contributed by atoms with van der Waals surface area (Å²) in [5.74, 6) is 9.08. The molecule has 168 valence electrons. The average molecular weight is 458 g/mol. The predicted molar refractivity (Wildman–Crippen MR) is 119 cm³/mol. The topological polar surface area (TPSA) is 123 Å². The Balaban J connectivity index is 1.31. The second-order valence-electron chi connectivity index (χ2n) is 6.84. The van der Waals surface area contributed by atoms with Gasteiger partial charge in [-0.2, -0.15) is 0 Å². The number of hydrogen-bond acceptors (Lipinski definition) is 9. The van der Waals surface area contributed by atoms with Gasteiger partial charge >= 0.3 is 0 Å².